The molecule has 0 unspecified atom stereocenters. The summed E-state index contributed by atoms with van der Waals surface area (Å²) in [6, 6.07) is 14.2. The SMILES string of the molecule is O=C(Nc1ccc(NCc2ccco2)nn1)c1cccc(Br)c1. The van der Waals surface area contributed by atoms with Gasteiger partial charge in [0.2, 0.25) is 0 Å². The van der Waals surface area contributed by atoms with Crippen LogP contribution in [0.3, 0.4) is 0 Å². The third-order valence-corrected chi connectivity index (χ3v) is 3.51. The molecule has 0 bridgehead atoms. The van der Waals surface area contributed by atoms with Gasteiger partial charge in [-0.3, -0.25) is 4.79 Å². The Labute approximate surface area is 141 Å². The van der Waals surface area contributed by atoms with Crippen molar-refractivity contribution < 1.29 is 9.21 Å². The van der Waals surface area contributed by atoms with Gasteiger partial charge in [0, 0.05) is 10.0 Å². The standard InChI is InChI=1S/C16H13BrN4O2/c17-12-4-1-3-11(9-12)16(22)19-15-7-6-14(20-21-15)18-10-13-5-2-8-23-13/h1-9H,10H2,(H,18,20)(H,19,21,22). The van der Waals surface area contributed by atoms with Crippen LogP contribution in [0.25, 0.3) is 0 Å². The minimum Gasteiger partial charge on any atom is -0.467 e. The highest BCUT2D eigenvalue weighted by atomic mass is 79.9. The molecule has 3 aromatic rings. The zero-order valence-electron chi connectivity index (χ0n) is 12.0. The number of nitrogens with zero attached hydrogens (tertiary/aromatic N) is 2. The first kappa shape index (κ1) is 15.2. The van der Waals surface area contributed by atoms with Gasteiger partial charge in [0.15, 0.2) is 5.82 Å². The van der Waals surface area contributed by atoms with E-state index in [1.165, 1.54) is 0 Å². The molecule has 7 heteroatoms. The van der Waals surface area contributed by atoms with Crippen molar-refractivity contribution in [1.82, 2.24) is 10.2 Å². The summed E-state index contributed by atoms with van der Waals surface area (Å²) in [5.74, 6) is 1.55. The molecule has 23 heavy (non-hydrogen) atoms. The highest BCUT2D eigenvalue weighted by Gasteiger charge is 2.07. The first-order chi connectivity index (χ1) is 11.2. The summed E-state index contributed by atoms with van der Waals surface area (Å²) >= 11 is 3.34. The number of halogens is 1. The number of carbonyl (C=O) groups excluding carboxylic acids is 1. The first-order valence-electron chi connectivity index (χ1n) is 6.87. The maximum Gasteiger partial charge on any atom is 0.256 e. The van der Waals surface area contributed by atoms with Crippen LogP contribution in [0.1, 0.15) is 16.1 Å². The molecule has 0 aliphatic rings. The molecular formula is C16H13BrN4O2. The quantitative estimate of drug-likeness (QED) is 0.713. The van der Waals surface area contributed by atoms with Crippen LogP contribution in [0.2, 0.25) is 0 Å². The Morgan fingerprint density at radius 3 is 2.61 bits per heavy atom. The maximum absolute atomic E-state index is 12.1. The van der Waals surface area contributed by atoms with Gasteiger partial charge < -0.3 is 15.1 Å². The van der Waals surface area contributed by atoms with E-state index in [4.69, 9.17) is 4.42 Å². The Balaban J connectivity index is 1.59. The van der Waals surface area contributed by atoms with Crippen LogP contribution in [0.4, 0.5) is 11.6 Å². The van der Waals surface area contributed by atoms with Gasteiger partial charge in [-0.25, -0.2) is 0 Å². The molecule has 0 saturated carbocycles. The lowest BCUT2D eigenvalue weighted by Gasteiger charge is -2.06. The molecule has 0 saturated heterocycles. The molecule has 0 aliphatic heterocycles. The monoisotopic (exact) mass is 372 g/mol. The van der Waals surface area contributed by atoms with Crippen LogP contribution in [-0.4, -0.2) is 16.1 Å². The van der Waals surface area contributed by atoms with Crippen LogP contribution in [0.5, 0.6) is 0 Å². The van der Waals surface area contributed by atoms with E-state index < -0.39 is 0 Å². The lowest BCUT2D eigenvalue weighted by atomic mass is 10.2. The zero-order valence-corrected chi connectivity index (χ0v) is 13.6. The molecule has 0 atom stereocenters. The number of furan rings is 1. The predicted molar refractivity (Wildman–Crippen MR) is 90.2 cm³/mol. The fraction of sp³-hybridized carbons (Fsp3) is 0.0625. The molecule has 2 aromatic heterocycles. The van der Waals surface area contributed by atoms with Gasteiger partial charge in [0.25, 0.3) is 5.91 Å². The normalized spacial score (nSPS) is 10.3. The van der Waals surface area contributed by atoms with Crippen LogP contribution in [0.15, 0.2) is 63.7 Å². The first-order valence-corrected chi connectivity index (χ1v) is 7.67. The Bertz CT molecular complexity index is 788. The number of benzene rings is 1. The molecule has 6 nitrogen and oxygen atoms in total. The average molecular weight is 373 g/mol. The molecule has 1 amide bonds. The fourth-order valence-corrected chi connectivity index (χ4v) is 2.30. The molecule has 0 fully saturated rings. The molecule has 2 N–H and O–H groups in total. The molecule has 2 heterocycles. The summed E-state index contributed by atoms with van der Waals surface area (Å²) in [5, 5.41) is 13.8. The molecule has 0 spiro atoms. The van der Waals surface area contributed by atoms with Crippen molar-refractivity contribution >= 4 is 33.5 Å². The maximum atomic E-state index is 12.1. The van der Waals surface area contributed by atoms with Gasteiger partial charge >= 0.3 is 0 Å². The Kier molecular flexibility index (Phi) is 4.68. The van der Waals surface area contributed by atoms with Gasteiger partial charge in [-0.1, -0.05) is 22.0 Å². The Hall–Kier alpha value is -2.67. The topological polar surface area (TPSA) is 80.0 Å². The van der Waals surface area contributed by atoms with E-state index in [2.05, 4.69) is 36.8 Å². The number of nitrogens with one attached hydrogen (secondary N) is 2. The summed E-state index contributed by atoms with van der Waals surface area (Å²) in [6.07, 6.45) is 1.61. The van der Waals surface area contributed by atoms with Crippen molar-refractivity contribution in [2.75, 3.05) is 10.6 Å². The average Bonchev–Trinajstić information content (AvgIpc) is 3.08. The summed E-state index contributed by atoms with van der Waals surface area (Å²) in [4.78, 5) is 12.1. The number of anilines is 2. The van der Waals surface area contributed by atoms with Gasteiger partial charge in [0.05, 0.1) is 12.8 Å². The number of amides is 1. The largest absolute Gasteiger partial charge is 0.467 e. The highest BCUT2D eigenvalue weighted by Crippen LogP contribution is 2.14. The van der Waals surface area contributed by atoms with Gasteiger partial charge in [-0.05, 0) is 42.5 Å². The van der Waals surface area contributed by atoms with Crippen LogP contribution in [-0.2, 0) is 6.54 Å². The molecule has 0 aliphatic carbocycles. The van der Waals surface area contributed by atoms with Crippen molar-refractivity contribution in [3.8, 4) is 0 Å². The molecule has 3 rings (SSSR count). The minimum absolute atomic E-state index is 0.239. The Morgan fingerprint density at radius 1 is 1.09 bits per heavy atom. The second-order valence-corrected chi connectivity index (χ2v) is 5.62. The summed E-state index contributed by atoms with van der Waals surface area (Å²) < 4.78 is 6.06. The number of rotatable bonds is 5. The van der Waals surface area contributed by atoms with Gasteiger partial charge in [0.1, 0.15) is 11.6 Å². The van der Waals surface area contributed by atoms with Crippen molar-refractivity contribution in [3.63, 3.8) is 0 Å². The summed E-state index contributed by atoms with van der Waals surface area (Å²) in [6.45, 7) is 0.519. The van der Waals surface area contributed by atoms with Crippen LogP contribution in [0, 0.1) is 0 Å². The molecule has 0 radical (unpaired) electrons. The van der Waals surface area contributed by atoms with Crippen molar-refractivity contribution in [3.05, 3.63) is 70.6 Å². The van der Waals surface area contributed by atoms with E-state index in [0.717, 1.165) is 10.2 Å². The molecule has 1 aromatic carbocycles. The van der Waals surface area contributed by atoms with E-state index in [1.807, 2.05) is 18.2 Å². The van der Waals surface area contributed by atoms with Crippen molar-refractivity contribution in [2.24, 2.45) is 0 Å². The van der Waals surface area contributed by atoms with Crippen LogP contribution < -0.4 is 10.6 Å². The second-order valence-electron chi connectivity index (χ2n) is 4.70. The van der Waals surface area contributed by atoms with Gasteiger partial charge in [-0.15, -0.1) is 10.2 Å². The molecule has 116 valence electrons. The van der Waals surface area contributed by atoms with Crippen molar-refractivity contribution in [1.29, 1.82) is 0 Å². The minimum atomic E-state index is -0.239. The zero-order chi connectivity index (χ0) is 16.1. The van der Waals surface area contributed by atoms with E-state index in [1.54, 1.807) is 36.6 Å². The van der Waals surface area contributed by atoms with E-state index in [9.17, 15) is 4.79 Å². The highest BCUT2D eigenvalue weighted by molar-refractivity contribution is 9.10. The fourth-order valence-electron chi connectivity index (χ4n) is 1.90. The second kappa shape index (κ2) is 7.06. The van der Waals surface area contributed by atoms with E-state index in [-0.39, 0.29) is 5.91 Å². The lowest BCUT2D eigenvalue weighted by molar-refractivity contribution is 0.102. The van der Waals surface area contributed by atoms with E-state index >= 15 is 0 Å². The number of carbonyl (C=O) groups is 1. The van der Waals surface area contributed by atoms with Crippen molar-refractivity contribution in [2.45, 2.75) is 6.54 Å². The summed E-state index contributed by atoms with van der Waals surface area (Å²) in [7, 11) is 0. The third-order valence-electron chi connectivity index (χ3n) is 3.02. The predicted octanol–water partition coefficient (Wildman–Crippen LogP) is 3.70. The smallest absolute Gasteiger partial charge is 0.256 e. The Morgan fingerprint density at radius 2 is 1.91 bits per heavy atom. The van der Waals surface area contributed by atoms with E-state index in [0.29, 0.717) is 23.7 Å². The number of hydrogen-bond acceptors (Lipinski definition) is 5. The van der Waals surface area contributed by atoms with Crippen LogP contribution >= 0.6 is 15.9 Å². The number of hydrogen-bond donors (Lipinski definition) is 2. The summed E-state index contributed by atoms with van der Waals surface area (Å²) in [5.41, 5.74) is 0.543. The van der Waals surface area contributed by atoms with Gasteiger partial charge in [-0.2, -0.15) is 0 Å². The third kappa shape index (κ3) is 4.17. The molecular weight excluding hydrogens is 360 g/mol. The number of aromatic nitrogens is 2. The lowest BCUT2D eigenvalue weighted by Crippen LogP contribution is -2.13.